The van der Waals surface area contributed by atoms with Crippen LogP contribution in [0.2, 0.25) is 0 Å². The average Bonchev–Trinajstić information content (AvgIpc) is 2.19. The molecular weight excluding hydrogens is 210 g/mol. The highest BCUT2D eigenvalue weighted by molar-refractivity contribution is 7.92. The topological polar surface area (TPSA) is 46.2 Å². The molecule has 1 N–H and O–H groups in total. The van der Waals surface area contributed by atoms with Crippen LogP contribution in [0.25, 0.3) is 0 Å². The van der Waals surface area contributed by atoms with Crippen molar-refractivity contribution < 1.29 is 8.42 Å². The van der Waals surface area contributed by atoms with Crippen molar-refractivity contribution in [1.29, 1.82) is 0 Å². The van der Waals surface area contributed by atoms with E-state index in [4.69, 9.17) is 0 Å². The molecular formula is C11H23NO2S. The predicted molar refractivity (Wildman–Crippen MR) is 63.8 cm³/mol. The molecule has 90 valence electrons. The van der Waals surface area contributed by atoms with Gasteiger partial charge in [0.05, 0.1) is 11.0 Å². The van der Waals surface area contributed by atoms with E-state index in [-0.39, 0.29) is 5.25 Å². The summed E-state index contributed by atoms with van der Waals surface area (Å²) in [5, 5.41) is 3.33. The van der Waals surface area contributed by atoms with Crippen molar-refractivity contribution in [3.05, 3.63) is 0 Å². The molecule has 0 aromatic carbocycles. The summed E-state index contributed by atoms with van der Waals surface area (Å²) in [4.78, 5) is 0. The van der Waals surface area contributed by atoms with E-state index in [0.717, 1.165) is 38.6 Å². The van der Waals surface area contributed by atoms with E-state index in [1.54, 1.807) is 0 Å². The van der Waals surface area contributed by atoms with Crippen LogP contribution in [0.15, 0.2) is 0 Å². The molecule has 1 fully saturated rings. The van der Waals surface area contributed by atoms with Crippen molar-refractivity contribution in [2.45, 2.75) is 57.2 Å². The van der Waals surface area contributed by atoms with Gasteiger partial charge in [0.15, 0.2) is 9.84 Å². The van der Waals surface area contributed by atoms with Gasteiger partial charge in [0.2, 0.25) is 0 Å². The minimum Gasteiger partial charge on any atom is -0.314 e. The molecule has 1 aliphatic rings. The monoisotopic (exact) mass is 233 g/mol. The van der Waals surface area contributed by atoms with Crippen LogP contribution in [-0.2, 0) is 9.84 Å². The number of sulfone groups is 1. The molecule has 0 aromatic heterocycles. The maximum atomic E-state index is 11.8. The summed E-state index contributed by atoms with van der Waals surface area (Å²) in [7, 11) is -2.80. The van der Waals surface area contributed by atoms with Gasteiger partial charge in [-0.15, -0.1) is 0 Å². The zero-order valence-corrected chi connectivity index (χ0v) is 10.6. The second-order valence-corrected chi connectivity index (χ2v) is 6.80. The fourth-order valence-electron chi connectivity index (χ4n) is 2.37. The van der Waals surface area contributed by atoms with Gasteiger partial charge < -0.3 is 5.32 Å². The first kappa shape index (κ1) is 13.0. The van der Waals surface area contributed by atoms with Gasteiger partial charge in [-0.1, -0.05) is 13.8 Å². The summed E-state index contributed by atoms with van der Waals surface area (Å²) in [6.45, 7) is 5.01. The Labute approximate surface area is 93.6 Å². The fourth-order valence-corrected chi connectivity index (χ4v) is 4.26. The Morgan fingerprint density at radius 2 is 1.73 bits per heavy atom. The van der Waals surface area contributed by atoms with Gasteiger partial charge in [-0.05, 0) is 38.6 Å². The quantitative estimate of drug-likeness (QED) is 0.786. The molecule has 1 saturated carbocycles. The summed E-state index contributed by atoms with van der Waals surface area (Å²) >= 11 is 0. The summed E-state index contributed by atoms with van der Waals surface area (Å²) in [6.07, 6.45) is 4.47. The third kappa shape index (κ3) is 3.76. The number of nitrogens with one attached hydrogen (secondary N) is 1. The van der Waals surface area contributed by atoms with Crippen molar-refractivity contribution in [2.24, 2.45) is 0 Å². The van der Waals surface area contributed by atoms with E-state index in [1.807, 2.05) is 6.92 Å². The molecule has 0 heterocycles. The lowest BCUT2D eigenvalue weighted by atomic mass is 9.95. The first-order chi connectivity index (χ1) is 7.10. The molecule has 0 unspecified atom stereocenters. The zero-order valence-electron chi connectivity index (χ0n) is 9.83. The molecule has 0 spiro atoms. The van der Waals surface area contributed by atoms with Gasteiger partial charge in [0.25, 0.3) is 0 Å². The third-order valence-corrected chi connectivity index (χ3v) is 5.63. The van der Waals surface area contributed by atoms with E-state index in [2.05, 4.69) is 12.2 Å². The van der Waals surface area contributed by atoms with Crippen LogP contribution in [0.3, 0.4) is 0 Å². The van der Waals surface area contributed by atoms with E-state index in [1.165, 1.54) is 0 Å². The Morgan fingerprint density at radius 3 is 2.20 bits per heavy atom. The van der Waals surface area contributed by atoms with E-state index in [9.17, 15) is 8.42 Å². The molecule has 0 radical (unpaired) electrons. The number of hydrogen-bond acceptors (Lipinski definition) is 3. The number of rotatable bonds is 5. The third-order valence-electron chi connectivity index (χ3n) is 3.16. The Kier molecular flexibility index (Phi) is 5.06. The minimum absolute atomic E-state index is 0.0626. The van der Waals surface area contributed by atoms with Crippen LogP contribution in [-0.4, -0.2) is 32.0 Å². The van der Waals surface area contributed by atoms with Gasteiger partial charge in [-0.2, -0.15) is 0 Å². The highest BCUT2D eigenvalue weighted by atomic mass is 32.2. The molecule has 0 atom stereocenters. The molecule has 15 heavy (non-hydrogen) atoms. The maximum absolute atomic E-state index is 11.8. The Morgan fingerprint density at radius 1 is 1.13 bits per heavy atom. The molecule has 3 nitrogen and oxygen atoms in total. The summed E-state index contributed by atoms with van der Waals surface area (Å²) in [5.41, 5.74) is 0. The van der Waals surface area contributed by atoms with Crippen molar-refractivity contribution in [3.63, 3.8) is 0 Å². The van der Waals surface area contributed by atoms with Gasteiger partial charge in [0, 0.05) is 6.04 Å². The van der Waals surface area contributed by atoms with Gasteiger partial charge in [0.1, 0.15) is 0 Å². The standard InChI is InChI=1S/C11H23NO2S/c1-3-9-15(13,14)11-7-5-10(6-8-11)12-4-2/h10-12H,3-9H2,1-2H3. The lowest BCUT2D eigenvalue weighted by Gasteiger charge is -2.28. The Hall–Kier alpha value is -0.0900. The highest BCUT2D eigenvalue weighted by Gasteiger charge is 2.29. The average molecular weight is 233 g/mol. The summed E-state index contributed by atoms with van der Waals surface area (Å²) in [5.74, 6) is 0.365. The SMILES string of the molecule is CCCS(=O)(=O)C1CCC(NCC)CC1. The van der Waals surface area contributed by atoms with Crippen molar-refractivity contribution in [3.8, 4) is 0 Å². The first-order valence-electron chi connectivity index (χ1n) is 6.05. The van der Waals surface area contributed by atoms with Gasteiger partial charge in [-0.25, -0.2) is 8.42 Å². The van der Waals surface area contributed by atoms with Crippen LogP contribution in [0.4, 0.5) is 0 Å². The molecule has 0 aromatic rings. The number of hydrogen-bond donors (Lipinski definition) is 1. The van der Waals surface area contributed by atoms with E-state index in [0.29, 0.717) is 11.8 Å². The summed E-state index contributed by atoms with van der Waals surface area (Å²) < 4.78 is 23.7. The second kappa shape index (κ2) is 5.85. The lowest BCUT2D eigenvalue weighted by molar-refractivity contribution is 0.378. The Balaban J connectivity index is 2.43. The molecule has 4 heteroatoms. The molecule has 1 aliphatic carbocycles. The normalized spacial score (nSPS) is 27.9. The molecule has 0 bridgehead atoms. The van der Waals surface area contributed by atoms with Crippen LogP contribution < -0.4 is 5.32 Å². The maximum Gasteiger partial charge on any atom is 0.153 e. The van der Waals surface area contributed by atoms with Crippen LogP contribution >= 0.6 is 0 Å². The van der Waals surface area contributed by atoms with Crippen LogP contribution in [0.5, 0.6) is 0 Å². The minimum atomic E-state index is -2.80. The van der Waals surface area contributed by atoms with Crippen LogP contribution in [0, 0.1) is 0 Å². The van der Waals surface area contributed by atoms with Crippen molar-refractivity contribution in [2.75, 3.05) is 12.3 Å². The zero-order chi connectivity index (χ0) is 11.3. The first-order valence-corrected chi connectivity index (χ1v) is 7.76. The Bertz CT molecular complexity index is 266. The highest BCUT2D eigenvalue weighted by Crippen LogP contribution is 2.25. The second-order valence-electron chi connectivity index (χ2n) is 4.40. The van der Waals surface area contributed by atoms with Gasteiger partial charge in [-0.3, -0.25) is 0 Å². The van der Waals surface area contributed by atoms with E-state index < -0.39 is 9.84 Å². The lowest BCUT2D eigenvalue weighted by Crippen LogP contribution is -2.37. The predicted octanol–water partition coefficient (Wildman–Crippen LogP) is 1.73. The summed E-state index contributed by atoms with van der Waals surface area (Å²) in [6, 6.07) is 0.545. The molecule has 1 rings (SSSR count). The van der Waals surface area contributed by atoms with Crippen LogP contribution in [0.1, 0.15) is 46.0 Å². The van der Waals surface area contributed by atoms with Crippen molar-refractivity contribution >= 4 is 9.84 Å². The van der Waals surface area contributed by atoms with Gasteiger partial charge >= 0.3 is 0 Å². The largest absolute Gasteiger partial charge is 0.314 e. The smallest absolute Gasteiger partial charge is 0.153 e. The van der Waals surface area contributed by atoms with E-state index >= 15 is 0 Å². The van der Waals surface area contributed by atoms with Crippen molar-refractivity contribution in [1.82, 2.24) is 5.32 Å². The molecule has 0 saturated heterocycles. The fraction of sp³-hybridized carbons (Fsp3) is 1.00. The molecule has 0 amide bonds. The molecule has 0 aliphatic heterocycles.